The molecule has 1 aromatic carbocycles. The highest BCUT2D eigenvalue weighted by Crippen LogP contribution is 2.18. The molecule has 1 amide bonds. The van der Waals surface area contributed by atoms with Gasteiger partial charge in [0.05, 0.1) is 6.61 Å². The monoisotopic (exact) mass is 305 g/mol. The average Bonchev–Trinajstić information content (AvgIpc) is 2.54. The first-order valence-corrected chi connectivity index (χ1v) is 8.02. The lowest BCUT2D eigenvalue weighted by Gasteiger charge is -2.27. The van der Waals surface area contributed by atoms with Crippen LogP contribution in [0.15, 0.2) is 24.3 Å². The number of nitrogens with one attached hydrogen (secondary N) is 3. The lowest BCUT2D eigenvalue weighted by atomic mass is 9.92. The molecule has 1 saturated heterocycles. The second-order valence-corrected chi connectivity index (χ2v) is 5.87. The molecule has 5 heteroatoms. The summed E-state index contributed by atoms with van der Waals surface area (Å²) in [6, 6.07) is 8.49. The van der Waals surface area contributed by atoms with Crippen molar-refractivity contribution >= 4 is 11.6 Å². The van der Waals surface area contributed by atoms with Gasteiger partial charge in [0.1, 0.15) is 0 Å². The van der Waals surface area contributed by atoms with Gasteiger partial charge in [-0.15, -0.1) is 0 Å². The Balaban J connectivity index is 1.86. The summed E-state index contributed by atoms with van der Waals surface area (Å²) in [6.45, 7) is 5.04. The number of methoxy groups -OCH3 is 1. The van der Waals surface area contributed by atoms with Gasteiger partial charge in [0.2, 0.25) is 5.91 Å². The number of benzene rings is 1. The van der Waals surface area contributed by atoms with Crippen LogP contribution in [0, 0.1) is 5.92 Å². The largest absolute Gasteiger partial charge is 0.383 e. The smallest absolute Gasteiger partial charge is 0.223 e. The van der Waals surface area contributed by atoms with Crippen molar-refractivity contribution < 1.29 is 9.53 Å². The van der Waals surface area contributed by atoms with Crippen LogP contribution in [-0.2, 0) is 16.1 Å². The number of carbonyl (C=O) groups excluding carboxylic acids is 1. The molecule has 1 fully saturated rings. The Morgan fingerprint density at radius 3 is 3.00 bits per heavy atom. The van der Waals surface area contributed by atoms with Crippen LogP contribution < -0.4 is 16.0 Å². The molecule has 122 valence electrons. The lowest BCUT2D eigenvalue weighted by molar-refractivity contribution is -0.126. The van der Waals surface area contributed by atoms with E-state index in [1.54, 1.807) is 7.11 Å². The molecule has 2 atom stereocenters. The molecule has 0 unspecified atom stereocenters. The molecule has 0 saturated carbocycles. The molecule has 1 aliphatic rings. The fraction of sp³-hybridized carbons (Fsp3) is 0.588. The van der Waals surface area contributed by atoms with E-state index in [-0.39, 0.29) is 11.8 Å². The third-order valence-electron chi connectivity index (χ3n) is 4.09. The number of rotatable bonds is 7. The van der Waals surface area contributed by atoms with Crippen molar-refractivity contribution in [1.29, 1.82) is 0 Å². The highest BCUT2D eigenvalue weighted by molar-refractivity contribution is 5.79. The zero-order chi connectivity index (χ0) is 15.8. The van der Waals surface area contributed by atoms with Crippen LogP contribution in [0.1, 0.15) is 25.3 Å². The van der Waals surface area contributed by atoms with Crippen molar-refractivity contribution in [3.63, 3.8) is 0 Å². The third kappa shape index (κ3) is 5.00. The molecule has 0 aliphatic carbocycles. The third-order valence-corrected chi connectivity index (χ3v) is 4.09. The van der Waals surface area contributed by atoms with E-state index in [0.717, 1.165) is 37.2 Å². The van der Waals surface area contributed by atoms with Crippen LogP contribution in [0.4, 0.5) is 5.69 Å². The van der Waals surface area contributed by atoms with Crippen LogP contribution in [-0.4, -0.2) is 38.8 Å². The highest BCUT2D eigenvalue weighted by Gasteiger charge is 2.24. The molecule has 1 aromatic rings. The van der Waals surface area contributed by atoms with E-state index in [9.17, 15) is 4.79 Å². The summed E-state index contributed by atoms with van der Waals surface area (Å²) in [5, 5.41) is 9.80. The summed E-state index contributed by atoms with van der Waals surface area (Å²) >= 11 is 0. The Kier molecular flexibility index (Phi) is 6.68. The molecule has 0 bridgehead atoms. The van der Waals surface area contributed by atoms with E-state index in [1.165, 1.54) is 0 Å². The second kappa shape index (κ2) is 8.76. The Labute approximate surface area is 132 Å². The molecule has 0 spiro atoms. The Morgan fingerprint density at radius 1 is 1.41 bits per heavy atom. The molecule has 0 radical (unpaired) electrons. The van der Waals surface area contributed by atoms with Crippen LogP contribution in [0.3, 0.4) is 0 Å². The van der Waals surface area contributed by atoms with Gasteiger partial charge in [-0.3, -0.25) is 4.79 Å². The lowest BCUT2D eigenvalue weighted by Crippen LogP contribution is -2.42. The van der Waals surface area contributed by atoms with E-state index in [2.05, 4.69) is 22.9 Å². The maximum absolute atomic E-state index is 12.3. The Bertz CT molecular complexity index is 479. The molecular weight excluding hydrogens is 278 g/mol. The van der Waals surface area contributed by atoms with E-state index in [1.807, 2.05) is 24.3 Å². The minimum atomic E-state index is 0.130. The summed E-state index contributed by atoms with van der Waals surface area (Å²) in [7, 11) is 1.69. The normalized spacial score (nSPS) is 21.4. The molecule has 1 aliphatic heterocycles. The first-order chi connectivity index (χ1) is 10.7. The zero-order valence-electron chi connectivity index (χ0n) is 13.5. The van der Waals surface area contributed by atoms with E-state index in [4.69, 9.17) is 4.74 Å². The number of anilines is 1. The molecule has 5 nitrogen and oxygen atoms in total. The van der Waals surface area contributed by atoms with Gasteiger partial charge in [-0.1, -0.05) is 18.2 Å². The molecule has 22 heavy (non-hydrogen) atoms. The van der Waals surface area contributed by atoms with Crippen LogP contribution in [0.2, 0.25) is 0 Å². The van der Waals surface area contributed by atoms with Crippen molar-refractivity contribution in [2.45, 2.75) is 32.4 Å². The van der Waals surface area contributed by atoms with Gasteiger partial charge in [-0.05, 0) is 37.9 Å². The zero-order valence-corrected chi connectivity index (χ0v) is 13.5. The average molecular weight is 305 g/mol. The SMILES string of the molecule is COCCNc1ccccc1CNC(=O)[C@H]1CCN[C@@H](C)C1. The first kappa shape index (κ1) is 16.8. The van der Waals surface area contributed by atoms with E-state index in [0.29, 0.717) is 19.2 Å². The predicted octanol–water partition coefficient (Wildman–Crippen LogP) is 1.75. The van der Waals surface area contributed by atoms with E-state index < -0.39 is 0 Å². The van der Waals surface area contributed by atoms with Gasteiger partial charge in [-0.25, -0.2) is 0 Å². The van der Waals surface area contributed by atoms with E-state index >= 15 is 0 Å². The van der Waals surface area contributed by atoms with Gasteiger partial charge in [0.25, 0.3) is 0 Å². The van der Waals surface area contributed by atoms with Crippen molar-refractivity contribution in [2.24, 2.45) is 5.92 Å². The summed E-state index contributed by atoms with van der Waals surface area (Å²) in [5.74, 6) is 0.296. The van der Waals surface area contributed by atoms with Crippen LogP contribution in [0.5, 0.6) is 0 Å². The number of ether oxygens (including phenoxy) is 1. The standard InChI is InChI=1S/C17H27N3O2/c1-13-11-14(7-8-18-13)17(21)20-12-15-5-3-4-6-16(15)19-9-10-22-2/h3-6,13-14,18-19H,7-12H2,1-2H3,(H,20,21)/t13-,14-/m0/s1. The number of hydrogen-bond acceptors (Lipinski definition) is 4. The minimum absolute atomic E-state index is 0.130. The van der Waals surface area contributed by atoms with Crippen molar-refractivity contribution in [2.75, 3.05) is 32.1 Å². The van der Waals surface area contributed by atoms with Gasteiger partial charge in [0, 0.05) is 37.8 Å². The fourth-order valence-corrected chi connectivity index (χ4v) is 2.83. The maximum atomic E-state index is 12.3. The topological polar surface area (TPSA) is 62.4 Å². The quantitative estimate of drug-likeness (QED) is 0.672. The predicted molar refractivity (Wildman–Crippen MR) is 88.8 cm³/mol. The van der Waals surface area contributed by atoms with Gasteiger partial charge < -0.3 is 20.7 Å². The Morgan fingerprint density at radius 2 is 2.23 bits per heavy atom. The molecule has 2 rings (SSSR count). The molecule has 0 aromatic heterocycles. The number of carbonyl (C=O) groups is 1. The maximum Gasteiger partial charge on any atom is 0.223 e. The highest BCUT2D eigenvalue weighted by atomic mass is 16.5. The molecular formula is C17H27N3O2. The van der Waals surface area contributed by atoms with Crippen molar-refractivity contribution in [3.05, 3.63) is 29.8 Å². The van der Waals surface area contributed by atoms with Crippen molar-refractivity contribution in [3.8, 4) is 0 Å². The number of hydrogen-bond donors (Lipinski definition) is 3. The number of para-hydroxylation sites is 1. The molecule has 1 heterocycles. The minimum Gasteiger partial charge on any atom is -0.383 e. The van der Waals surface area contributed by atoms with Crippen LogP contribution >= 0.6 is 0 Å². The second-order valence-electron chi connectivity index (χ2n) is 5.87. The van der Waals surface area contributed by atoms with Gasteiger partial charge in [0.15, 0.2) is 0 Å². The van der Waals surface area contributed by atoms with Gasteiger partial charge in [-0.2, -0.15) is 0 Å². The first-order valence-electron chi connectivity index (χ1n) is 8.02. The summed E-state index contributed by atoms with van der Waals surface area (Å²) in [6.07, 6.45) is 1.84. The summed E-state index contributed by atoms with van der Waals surface area (Å²) in [4.78, 5) is 12.3. The number of piperidine rings is 1. The fourth-order valence-electron chi connectivity index (χ4n) is 2.83. The summed E-state index contributed by atoms with van der Waals surface area (Å²) < 4.78 is 5.05. The Hall–Kier alpha value is -1.59. The van der Waals surface area contributed by atoms with Gasteiger partial charge >= 0.3 is 0 Å². The van der Waals surface area contributed by atoms with Crippen LogP contribution in [0.25, 0.3) is 0 Å². The van der Waals surface area contributed by atoms with Crippen molar-refractivity contribution in [1.82, 2.24) is 10.6 Å². The summed E-state index contributed by atoms with van der Waals surface area (Å²) in [5.41, 5.74) is 2.16. The number of amides is 1. The molecule has 3 N–H and O–H groups in total.